The number of hydrogen-bond donors (Lipinski definition) is 1. The minimum Gasteiger partial charge on any atom is -0.492 e. The van der Waals surface area contributed by atoms with Gasteiger partial charge in [-0.15, -0.1) is 0 Å². The Kier molecular flexibility index (Phi) is 6.88. The van der Waals surface area contributed by atoms with Gasteiger partial charge in [-0.1, -0.05) is 24.6 Å². The maximum absolute atomic E-state index is 11.5. The summed E-state index contributed by atoms with van der Waals surface area (Å²) in [5.74, 6) is 0.175. The van der Waals surface area contributed by atoms with Crippen LogP contribution < -0.4 is 4.74 Å². The number of benzene rings is 1. The van der Waals surface area contributed by atoms with Crippen LogP contribution in [0.25, 0.3) is 0 Å². The SMILES string of the molecule is CN1CCN(CCOc2ccccc2CN2CCCCC2C(=O)O)CC1. The first-order chi connectivity index (χ1) is 12.6. The van der Waals surface area contributed by atoms with E-state index in [4.69, 9.17) is 4.74 Å². The topological polar surface area (TPSA) is 56.2 Å². The Morgan fingerprint density at radius 1 is 1.15 bits per heavy atom. The highest BCUT2D eigenvalue weighted by atomic mass is 16.5. The lowest BCUT2D eigenvalue weighted by molar-refractivity contribution is -0.144. The molecule has 1 unspecified atom stereocenters. The molecule has 2 fully saturated rings. The van der Waals surface area contributed by atoms with E-state index >= 15 is 0 Å². The number of hydrogen-bond acceptors (Lipinski definition) is 5. The van der Waals surface area contributed by atoms with E-state index in [2.05, 4.69) is 27.8 Å². The van der Waals surface area contributed by atoms with Crippen LogP contribution in [0.15, 0.2) is 24.3 Å². The molecule has 2 aliphatic heterocycles. The molecule has 1 aromatic carbocycles. The van der Waals surface area contributed by atoms with Crippen molar-refractivity contribution in [1.29, 1.82) is 0 Å². The van der Waals surface area contributed by atoms with E-state index in [0.717, 1.165) is 69.8 Å². The summed E-state index contributed by atoms with van der Waals surface area (Å²) in [6.07, 6.45) is 2.80. The van der Waals surface area contributed by atoms with Crippen LogP contribution in [-0.4, -0.2) is 84.7 Å². The minimum absolute atomic E-state index is 0.373. The average Bonchev–Trinajstić information content (AvgIpc) is 2.65. The number of para-hydroxylation sites is 1. The molecule has 0 amide bonds. The molecule has 1 atom stereocenters. The second kappa shape index (κ2) is 9.35. The third-order valence-electron chi connectivity index (χ3n) is 5.51. The molecule has 0 aliphatic carbocycles. The molecule has 1 N–H and O–H groups in total. The Morgan fingerprint density at radius 3 is 2.69 bits per heavy atom. The van der Waals surface area contributed by atoms with E-state index in [1.54, 1.807) is 0 Å². The molecular weight excluding hydrogens is 330 g/mol. The number of carbonyl (C=O) groups is 1. The Morgan fingerprint density at radius 2 is 1.92 bits per heavy atom. The van der Waals surface area contributed by atoms with Gasteiger partial charge in [-0.3, -0.25) is 14.6 Å². The van der Waals surface area contributed by atoms with E-state index in [0.29, 0.717) is 13.2 Å². The molecule has 2 aliphatic rings. The third kappa shape index (κ3) is 5.19. The standard InChI is InChI=1S/C20H31N3O3/c1-21-10-12-22(13-11-21)14-15-26-19-8-3-2-6-17(19)16-23-9-5-4-7-18(23)20(24)25/h2-3,6,8,18H,4-5,7,9-16H2,1H3,(H,24,25). The van der Waals surface area contributed by atoms with Crippen molar-refractivity contribution < 1.29 is 14.6 Å². The predicted molar refractivity (Wildman–Crippen MR) is 102 cm³/mol. The zero-order valence-corrected chi connectivity index (χ0v) is 15.8. The maximum atomic E-state index is 11.5. The Balaban J connectivity index is 1.55. The number of carboxylic acid groups (broad SMARTS) is 1. The summed E-state index contributed by atoms with van der Waals surface area (Å²) >= 11 is 0. The van der Waals surface area contributed by atoms with Crippen molar-refractivity contribution in [3.05, 3.63) is 29.8 Å². The minimum atomic E-state index is -0.710. The lowest BCUT2D eigenvalue weighted by Crippen LogP contribution is -2.45. The monoisotopic (exact) mass is 361 g/mol. The van der Waals surface area contributed by atoms with Gasteiger partial charge in [0.2, 0.25) is 0 Å². The highest BCUT2D eigenvalue weighted by molar-refractivity contribution is 5.73. The summed E-state index contributed by atoms with van der Waals surface area (Å²) < 4.78 is 6.07. The van der Waals surface area contributed by atoms with Gasteiger partial charge < -0.3 is 14.7 Å². The second-order valence-corrected chi connectivity index (χ2v) is 7.42. The van der Waals surface area contributed by atoms with Gasteiger partial charge in [-0.25, -0.2) is 0 Å². The first-order valence-electron chi connectivity index (χ1n) is 9.72. The molecule has 0 aromatic heterocycles. The number of nitrogens with zero attached hydrogens (tertiary/aromatic N) is 3. The van der Waals surface area contributed by atoms with Gasteiger partial charge in [0, 0.05) is 44.8 Å². The molecule has 144 valence electrons. The highest BCUT2D eigenvalue weighted by Crippen LogP contribution is 2.25. The molecular formula is C20H31N3O3. The van der Waals surface area contributed by atoms with Gasteiger partial charge in [0.05, 0.1) is 0 Å². The summed E-state index contributed by atoms with van der Waals surface area (Å²) in [7, 11) is 2.16. The van der Waals surface area contributed by atoms with E-state index in [-0.39, 0.29) is 6.04 Å². The largest absolute Gasteiger partial charge is 0.492 e. The third-order valence-corrected chi connectivity index (χ3v) is 5.51. The molecule has 26 heavy (non-hydrogen) atoms. The van der Waals surface area contributed by atoms with E-state index in [1.165, 1.54) is 0 Å². The van der Waals surface area contributed by atoms with Crippen molar-refractivity contribution in [2.75, 3.05) is 52.9 Å². The van der Waals surface area contributed by atoms with Gasteiger partial charge in [0.15, 0.2) is 0 Å². The van der Waals surface area contributed by atoms with Crippen LogP contribution in [-0.2, 0) is 11.3 Å². The fraction of sp³-hybridized carbons (Fsp3) is 0.650. The van der Waals surface area contributed by atoms with Crippen LogP contribution in [0.4, 0.5) is 0 Å². The summed E-state index contributed by atoms with van der Waals surface area (Å²) in [5, 5.41) is 9.48. The smallest absolute Gasteiger partial charge is 0.320 e. The van der Waals surface area contributed by atoms with Crippen LogP contribution in [0.5, 0.6) is 5.75 Å². The first kappa shape index (κ1) is 19.1. The Hall–Kier alpha value is -1.63. The number of aliphatic carboxylic acids is 1. The molecule has 6 heteroatoms. The lowest BCUT2D eigenvalue weighted by Gasteiger charge is -2.33. The number of piperazine rings is 1. The predicted octanol–water partition coefficient (Wildman–Crippen LogP) is 1.75. The van der Waals surface area contributed by atoms with Gasteiger partial charge >= 0.3 is 5.97 Å². The van der Waals surface area contributed by atoms with E-state index < -0.39 is 5.97 Å². The molecule has 0 radical (unpaired) electrons. The van der Waals surface area contributed by atoms with Crippen LogP contribution in [0.2, 0.25) is 0 Å². The number of likely N-dealkylation sites (N-methyl/N-ethyl adjacent to an activating group) is 1. The molecule has 1 aromatic rings. The fourth-order valence-corrected chi connectivity index (χ4v) is 3.81. The Labute approximate surface area is 156 Å². The highest BCUT2D eigenvalue weighted by Gasteiger charge is 2.28. The average molecular weight is 361 g/mol. The normalized spacial score (nSPS) is 23.0. The number of piperidine rings is 1. The van der Waals surface area contributed by atoms with Crippen LogP contribution in [0.1, 0.15) is 24.8 Å². The molecule has 2 heterocycles. The van der Waals surface area contributed by atoms with Crippen LogP contribution in [0, 0.1) is 0 Å². The molecule has 3 rings (SSSR count). The summed E-state index contributed by atoms with van der Waals surface area (Å²) in [6, 6.07) is 7.67. The molecule has 6 nitrogen and oxygen atoms in total. The fourth-order valence-electron chi connectivity index (χ4n) is 3.81. The second-order valence-electron chi connectivity index (χ2n) is 7.42. The molecule has 0 saturated carbocycles. The van der Waals surface area contributed by atoms with Crippen molar-refractivity contribution >= 4 is 5.97 Å². The van der Waals surface area contributed by atoms with Gasteiger partial charge in [-0.05, 0) is 32.5 Å². The molecule has 0 spiro atoms. The van der Waals surface area contributed by atoms with E-state index in [9.17, 15) is 9.90 Å². The van der Waals surface area contributed by atoms with Gasteiger partial charge in [0.1, 0.15) is 18.4 Å². The zero-order valence-electron chi connectivity index (χ0n) is 15.8. The van der Waals surface area contributed by atoms with Crippen molar-refractivity contribution in [2.45, 2.75) is 31.8 Å². The van der Waals surface area contributed by atoms with Crippen molar-refractivity contribution in [3.63, 3.8) is 0 Å². The first-order valence-corrected chi connectivity index (χ1v) is 9.72. The van der Waals surface area contributed by atoms with Crippen molar-refractivity contribution in [3.8, 4) is 5.75 Å². The van der Waals surface area contributed by atoms with E-state index in [1.807, 2.05) is 18.2 Å². The summed E-state index contributed by atoms with van der Waals surface area (Å²) in [5.41, 5.74) is 1.08. The quantitative estimate of drug-likeness (QED) is 0.799. The van der Waals surface area contributed by atoms with Crippen LogP contribution in [0.3, 0.4) is 0 Å². The van der Waals surface area contributed by atoms with Crippen molar-refractivity contribution in [2.24, 2.45) is 0 Å². The number of rotatable bonds is 7. The summed E-state index contributed by atoms with van der Waals surface area (Å²) in [6.45, 7) is 7.50. The van der Waals surface area contributed by atoms with Crippen LogP contribution >= 0.6 is 0 Å². The van der Waals surface area contributed by atoms with Gasteiger partial charge in [-0.2, -0.15) is 0 Å². The number of ether oxygens (including phenoxy) is 1. The molecule has 0 bridgehead atoms. The molecule has 2 saturated heterocycles. The number of likely N-dealkylation sites (tertiary alicyclic amines) is 1. The van der Waals surface area contributed by atoms with Gasteiger partial charge in [0.25, 0.3) is 0 Å². The number of carboxylic acids is 1. The summed E-state index contributed by atoms with van der Waals surface area (Å²) in [4.78, 5) is 18.4. The maximum Gasteiger partial charge on any atom is 0.320 e. The lowest BCUT2D eigenvalue weighted by atomic mass is 10.0. The Bertz CT molecular complexity index is 587. The zero-order chi connectivity index (χ0) is 18.4. The van der Waals surface area contributed by atoms with Crippen molar-refractivity contribution in [1.82, 2.24) is 14.7 Å².